The first-order valence-electron chi connectivity index (χ1n) is 6.19. The Labute approximate surface area is 122 Å². The van der Waals surface area contributed by atoms with Crippen molar-refractivity contribution >= 4 is 34.0 Å². The number of likely N-dealkylation sites (tertiary alicyclic amines) is 1. The molecule has 7 heteroatoms. The van der Waals surface area contributed by atoms with Crippen LogP contribution in [0.5, 0.6) is 0 Å². The lowest BCUT2D eigenvalue weighted by Gasteiger charge is -2.35. The number of likely N-dealkylation sites (N-methyl/N-ethyl adjacent to an activating group) is 2. The molecule has 0 amide bonds. The number of carbonyl (C=O) groups is 1. The predicted molar refractivity (Wildman–Crippen MR) is 77.4 cm³/mol. The van der Waals surface area contributed by atoms with Crippen LogP contribution in [0.25, 0.3) is 0 Å². The van der Waals surface area contributed by atoms with E-state index in [1.165, 1.54) is 24.9 Å². The molecule has 0 N–H and O–H groups in total. The Balaban J connectivity index is 2.15. The summed E-state index contributed by atoms with van der Waals surface area (Å²) in [5.74, 6) is -0.428. The molecule has 1 aliphatic rings. The van der Waals surface area contributed by atoms with Crippen LogP contribution in [0.4, 0.5) is 5.13 Å². The molecule has 0 spiro atoms. The zero-order chi connectivity index (χ0) is 14.0. The molecule has 19 heavy (non-hydrogen) atoms. The summed E-state index contributed by atoms with van der Waals surface area (Å²) in [7, 11) is 5.46. The maximum Gasteiger partial charge on any atom is 0.351 e. The fraction of sp³-hybridized carbons (Fsp3) is 0.667. The van der Waals surface area contributed by atoms with Gasteiger partial charge >= 0.3 is 5.97 Å². The van der Waals surface area contributed by atoms with E-state index >= 15 is 0 Å². The summed E-state index contributed by atoms with van der Waals surface area (Å²) < 4.78 is 4.69. The van der Waals surface area contributed by atoms with E-state index in [9.17, 15) is 4.79 Å². The van der Waals surface area contributed by atoms with Crippen LogP contribution in [-0.4, -0.2) is 56.2 Å². The summed E-state index contributed by atoms with van der Waals surface area (Å²) in [6.07, 6.45) is 2.31. The van der Waals surface area contributed by atoms with E-state index in [1.54, 1.807) is 0 Å². The number of esters is 1. The van der Waals surface area contributed by atoms with E-state index in [0.29, 0.717) is 10.9 Å². The minimum atomic E-state index is -0.428. The number of anilines is 1. The number of halogens is 1. The summed E-state index contributed by atoms with van der Waals surface area (Å²) in [4.78, 5) is 20.6. The molecule has 0 aromatic carbocycles. The number of ether oxygens (including phenoxy) is 1. The summed E-state index contributed by atoms with van der Waals surface area (Å²) in [5, 5.41) is 0.994. The van der Waals surface area contributed by atoms with Gasteiger partial charge in [-0.3, -0.25) is 0 Å². The lowest BCUT2D eigenvalue weighted by atomic mass is 10.1. The maximum absolute atomic E-state index is 11.5. The van der Waals surface area contributed by atoms with Gasteiger partial charge < -0.3 is 14.5 Å². The Morgan fingerprint density at radius 1 is 1.63 bits per heavy atom. The molecule has 1 aromatic rings. The van der Waals surface area contributed by atoms with Gasteiger partial charge in [-0.2, -0.15) is 0 Å². The van der Waals surface area contributed by atoms with Crippen LogP contribution in [0.3, 0.4) is 0 Å². The van der Waals surface area contributed by atoms with Gasteiger partial charge in [0.1, 0.15) is 0 Å². The molecule has 1 fully saturated rings. The number of hydrogen-bond acceptors (Lipinski definition) is 6. The molecule has 2 rings (SSSR count). The number of rotatable bonds is 3. The highest BCUT2D eigenvalue weighted by Crippen LogP contribution is 2.31. The van der Waals surface area contributed by atoms with Crippen LogP contribution in [0.1, 0.15) is 22.5 Å². The summed E-state index contributed by atoms with van der Waals surface area (Å²) in [6.45, 7) is 2.14. The van der Waals surface area contributed by atoms with Crippen LogP contribution in [-0.2, 0) is 4.74 Å². The number of methoxy groups -OCH3 is 1. The van der Waals surface area contributed by atoms with Crippen LogP contribution in [0.15, 0.2) is 0 Å². The SMILES string of the molecule is COC(=O)c1sc(N(C)C2CCCN(C)C2)nc1Cl. The van der Waals surface area contributed by atoms with Gasteiger partial charge in [-0.15, -0.1) is 0 Å². The van der Waals surface area contributed by atoms with E-state index in [4.69, 9.17) is 16.3 Å². The quantitative estimate of drug-likeness (QED) is 0.800. The molecule has 1 unspecified atom stereocenters. The number of nitrogens with zero attached hydrogens (tertiary/aromatic N) is 3. The number of carbonyl (C=O) groups excluding carboxylic acids is 1. The van der Waals surface area contributed by atoms with Gasteiger partial charge in [0.15, 0.2) is 15.2 Å². The highest BCUT2D eigenvalue weighted by atomic mass is 35.5. The minimum Gasteiger partial charge on any atom is -0.465 e. The standard InChI is InChI=1S/C12H18ClN3O2S/c1-15-6-4-5-8(7-15)16(2)12-14-10(13)9(19-12)11(17)18-3/h8H,4-7H2,1-3H3. The average molecular weight is 304 g/mol. The molecule has 0 radical (unpaired) electrons. The molecule has 1 atom stereocenters. The lowest BCUT2D eigenvalue weighted by molar-refractivity contribution is 0.0606. The molecule has 5 nitrogen and oxygen atoms in total. The Kier molecular flexibility index (Phi) is 4.65. The molecule has 1 saturated heterocycles. The van der Waals surface area contributed by atoms with Crippen LogP contribution >= 0.6 is 22.9 Å². The lowest BCUT2D eigenvalue weighted by Crippen LogP contribution is -2.45. The highest BCUT2D eigenvalue weighted by Gasteiger charge is 2.25. The van der Waals surface area contributed by atoms with Crippen molar-refractivity contribution in [3.05, 3.63) is 10.0 Å². The Hall–Kier alpha value is -0.850. The highest BCUT2D eigenvalue weighted by molar-refractivity contribution is 7.18. The second-order valence-electron chi connectivity index (χ2n) is 4.78. The fourth-order valence-corrected chi connectivity index (χ4v) is 3.50. The Morgan fingerprint density at radius 3 is 3.00 bits per heavy atom. The number of aromatic nitrogens is 1. The van der Waals surface area contributed by atoms with Crippen molar-refractivity contribution in [2.45, 2.75) is 18.9 Å². The van der Waals surface area contributed by atoms with Crippen molar-refractivity contribution in [1.82, 2.24) is 9.88 Å². The van der Waals surface area contributed by atoms with E-state index in [-0.39, 0.29) is 5.15 Å². The molecule has 1 aliphatic heterocycles. The van der Waals surface area contributed by atoms with Crippen LogP contribution in [0, 0.1) is 0 Å². The summed E-state index contributed by atoms with van der Waals surface area (Å²) >= 11 is 7.28. The third kappa shape index (κ3) is 3.19. The topological polar surface area (TPSA) is 45.7 Å². The zero-order valence-electron chi connectivity index (χ0n) is 11.4. The first-order valence-corrected chi connectivity index (χ1v) is 7.38. The molecular weight excluding hydrogens is 286 g/mol. The van der Waals surface area contributed by atoms with Crippen molar-refractivity contribution < 1.29 is 9.53 Å². The first kappa shape index (κ1) is 14.6. The third-order valence-electron chi connectivity index (χ3n) is 3.39. The second kappa shape index (κ2) is 6.07. The molecule has 1 aromatic heterocycles. The molecule has 0 saturated carbocycles. The van der Waals surface area contributed by atoms with Gasteiger partial charge in [0, 0.05) is 19.6 Å². The largest absolute Gasteiger partial charge is 0.465 e. The van der Waals surface area contributed by atoms with Gasteiger partial charge in [-0.1, -0.05) is 22.9 Å². The van der Waals surface area contributed by atoms with Crippen molar-refractivity contribution in [3.63, 3.8) is 0 Å². The third-order valence-corrected chi connectivity index (χ3v) is 4.91. The van der Waals surface area contributed by atoms with E-state index < -0.39 is 5.97 Å². The average Bonchev–Trinajstić information content (AvgIpc) is 2.79. The normalized spacial score (nSPS) is 20.3. The van der Waals surface area contributed by atoms with Crippen molar-refractivity contribution in [1.29, 1.82) is 0 Å². The molecule has 0 bridgehead atoms. The van der Waals surface area contributed by atoms with E-state index in [2.05, 4.69) is 21.8 Å². The number of piperidine rings is 1. The fourth-order valence-electron chi connectivity index (χ4n) is 2.27. The first-order chi connectivity index (χ1) is 9.02. The zero-order valence-corrected chi connectivity index (χ0v) is 12.9. The van der Waals surface area contributed by atoms with Gasteiger partial charge in [0.2, 0.25) is 0 Å². The molecule has 2 heterocycles. The number of thiazole rings is 1. The second-order valence-corrected chi connectivity index (χ2v) is 6.11. The number of hydrogen-bond donors (Lipinski definition) is 0. The van der Waals surface area contributed by atoms with Gasteiger partial charge in [0.25, 0.3) is 0 Å². The minimum absolute atomic E-state index is 0.225. The van der Waals surface area contributed by atoms with Crippen LogP contribution in [0.2, 0.25) is 5.15 Å². The molecular formula is C12H18ClN3O2S. The van der Waals surface area contributed by atoms with Gasteiger partial charge in [0.05, 0.1) is 7.11 Å². The van der Waals surface area contributed by atoms with E-state index in [1.807, 2.05) is 7.05 Å². The molecule has 106 valence electrons. The van der Waals surface area contributed by atoms with Crippen LogP contribution < -0.4 is 4.90 Å². The maximum atomic E-state index is 11.5. The van der Waals surface area contributed by atoms with Crippen molar-refractivity contribution in [2.75, 3.05) is 39.2 Å². The van der Waals surface area contributed by atoms with Gasteiger partial charge in [-0.25, -0.2) is 9.78 Å². The Morgan fingerprint density at radius 2 is 2.37 bits per heavy atom. The van der Waals surface area contributed by atoms with Crippen molar-refractivity contribution in [3.8, 4) is 0 Å². The summed E-state index contributed by atoms with van der Waals surface area (Å²) in [5.41, 5.74) is 0. The van der Waals surface area contributed by atoms with E-state index in [0.717, 1.165) is 24.6 Å². The Bertz CT molecular complexity index is 466. The summed E-state index contributed by atoms with van der Waals surface area (Å²) in [6, 6.07) is 0.409. The smallest absolute Gasteiger partial charge is 0.351 e. The van der Waals surface area contributed by atoms with Crippen molar-refractivity contribution in [2.24, 2.45) is 0 Å². The monoisotopic (exact) mass is 303 g/mol. The van der Waals surface area contributed by atoms with Gasteiger partial charge in [-0.05, 0) is 26.4 Å². The predicted octanol–water partition coefficient (Wildman–Crippen LogP) is 2.11. The molecule has 0 aliphatic carbocycles.